The Morgan fingerprint density at radius 1 is 1.21 bits per heavy atom. The van der Waals surface area contributed by atoms with Crippen molar-refractivity contribution in [2.24, 2.45) is 10.9 Å². The molecule has 0 atom stereocenters. The number of carbonyl (C=O) groups excluding carboxylic acids is 1. The molecule has 7 heteroatoms. The third kappa shape index (κ3) is 6.83. The zero-order valence-corrected chi connectivity index (χ0v) is 19.4. The Morgan fingerprint density at radius 2 is 1.93 bits per heavy atom. The van der Waals surface area contributed by atoms with Crippen LogP contribution in [0.1, 0.15) is 45.1 Å². The standard InChI is InChI=1S/C21H33N5O.HI/c1-3-22-21(25-18-8-4-16(2)5-9-18)24-14-17-6-10-19(11-7-17)26-13-12-23-20(27)15-26;/h6-7,10-11,16,18H,3-5,8-9,12-15H2,1-2H3,(H,23,27)(H2,22,24,25);1H. The lowest BCUT2D eigenvalue weighted by molar-refractivity contribution is -0.120. The van der Waals surface area contributed by atoms with E-state index >= 15 is 0 Å². The number of anilines is 1. The van der Waals surface area contributed by atoms with Crippen molar-refractivity contribution in [3.63, 3.8) is 0 Å². The number of aliphatic imine (C=N–C) groups is 1. The first-order valence-corrected chi connectivity index (χ1v) is 10.3. The van der Waals surface area contributed by atoms with E-state index in [0.717, 1.165) is 30.7 Å². The fourth-order valence-corrected chi connectivity index (χ4v) is 3.76. The van der Waals surface area contributed by atoms with E-state index in [1.54, 1.807) is 0 Å². The van der Waals surface area contributed by atoms with E-state index in [1.165, 1.54) is 31.2 Å². The lowest BCUT2D eigenvalue weighted by Gasteiger charge is -2.28. The second kappa shape index (κ2) is 11.5. The number of nitrogens with zero attached hydrogens (tertiary/aromatic N) is 2. The average molecular weight is 499 g/mol. The van der Waals surface area contributed by atoms with Crippen molar-refractivity contribution in [3.8, 4) is 0 Å². The van der Waals surface area contributed by atoms with Gasteiger partial charge in [0.05, 0.1) is 13.1 Å². The van der Waals surface area contributed by atoms with Crippen LogP contribution in [0, 0.1) is 5.92 Å². The molecule has 2 fully saturated rings. The van der Waals surface area contributed by atoms with Crippen LogP contribution in [0.5, 0.6) is 0 Å². The molecular formula is C21H34IN5O. The predicted molar refractivity (Wildman–Crippen MR) is 126 cm³/mol. The Balaban J connectivity index is 0.00000280. The summed E-state index contributed by atoms with van der Waals surface area (Å²) >= 11 is 0. The first-order valence-electron chi connectivity index (χ1n) is 10.3. The molecule has 1 saturated carbocycles. The van der Waals surface area contributed by atoms with Gasteiger partial charge < -0.3 is 20.9 Å². The van der Waals surface area contributed by atoms with Gasteiger partial charge in [-0.15, -0.1) is 24.0 Å². The predicted octanol–water partition coefficient (Wildman–Crippen LogP) is 2.87. The zero-order valence-electron chi connectivity index (χ0n) is 17.0. The number of benzene rings is 1. The van der Waals surface area contributed by atoms with Crippen LogP contribution in [0.25, 0.3) is 0 Å². The van der Waals surface area contributed by atoms with Gasteiger partial charge in [-0.2, -0.15) is 0 Å². The molecule has 3 N–H and O–H groups in total. The summed E-state index contributed by atoms with van der Waals surface area (Å²) in [7, 11) is 0. The molecule has 0 unspecified atom stereocenters. The average Bonchev–Trinajstić information content (AvgIpc) is 2.68. The minimum absolute atomic E-state index is 0. The number of carbonyl (C=O) groups is 1. The van der Waals surface area contributed by atoms with Gasteiger partial charge in [0, 0.05) is 31.4 Å². The summed E-state index contributed by atoms with van der Waals surface area (Å²) in [6.45, 7) is 7.97. The van der Waals surface area contributed by atoms with Crippen LogP contribution in [0.2, 0.25) is 0 Å². The molecule has 28 heavy (non-hydrogen) atoms. The summed E-state index contributed by atoms with van der Waals surface area (Å²) < 4.78 is 0. The summed E-state index contributed by atoms with van der Waals surface area (Å²) in [5.41, 5.74) is 2.27. The molecular weight excluding hydrogens is 465 g/mol. The second-order valence-electron chi connectivity index (χ2n) is 7.73. The Bertz CT molecular complexity index is 641. The van der Waals surface area contributed by atoms with Gasteiger partial charge >= 0.3 is 0 Å². The van der Waals surface area contributed by atoms with Crippen LogP contribution in [0.4, 0.5) is 5.69 Å². The van der Waals surface area contributed by atoms with Gasteiger partial charge in [0.15, 0.2) is 5.96 Å². The van der Waals surface area contributed by atoms with Gasteiger partial charge in [0.25, 0.3) is 0 Å². The van der Waals surface area contributed by atoms with E-state index in [-0.39, 0.29) is 29.9 Å². The Hall–Kier alpha value is -1.51. The highest BCUT2D eigenvalue weighted by molar-refractivity contribution is 14.0. The van der Waals surface area contributed by atoms with E-state index in [2.05, 4.69) is 59.0 Å². The molecule has 156 valence electrons. The highest BCUT2D eigenvalue weighted by atomic mass is 127. The third-order valence-corrected chi connectivity index (χ3v) is 5.46. The molecule has 2 aliphatic rings. The number of amides is 1. The molecule has 0 aromatic heterocycles. The number of rotatable bonds is 5. The van der Waals surface area contributed by atoms with Crippen molar-refractivity contribution in [2.75, 3.05) is 31.1 Å². The van der Waals surface area contributed by atoms with Gasteiger partial charge in [-0.05, 0) is 56.2 Å². The topological polar surface area (TPSA) is 68.8 Å². The van der Waals surface area contributed by atoms with Crippen molar-refractivity contribution in [3.05, 3.63) is 29.8 Å². The molecule has 1 saturated heterocycles. The summed E-state index contributed by atoms with van der Waals surface area (Å²) in [5.74, 6) is 1.86. The molecule has 1 aliphatic heterocycles. The number of halogens is 1. The van der Waals surface area contributed by atoms with Crippen molar-refractivity contribution in [1.82, 2.24) is 16.0 Å². The molecule has 1 aliphatic carbocycles. The van der Waals surface area contributed by atoms with Crippen LogP contribution >= 0.6 is 24.0 Å². The normalized spacial score (nSPS) is 22.9. The maximum absolute atomic E-state index is 11.5. The number of piperazine rings is 1. The molecule has 1 heterocycles. The minimum atomic E-state index is 0. The van der Waals surface area contributed by atoms with Crippen molar-refractivity contribution < 1.29 is 4.79 Å². The number of guanidine groups is 1. The van der Waals surface area contributed by atoms with Gasteiger partial charge in [0.2, 0.25) is 5.91 Å². The smallest absolute Gasteiger partial charge is 0.239 e. The minimum Gasteiger partial charge on any atom is -0.360 e. The molecule has 0 radical (unpaired) electrons. The number of hydrogen-bond donors (Lipinski definition) is 3. The van der Waals surface area contributed by atoms with E-state index in [1.807, 2.05) is 0 Å². The van der Waals surface area contributed by atoms with Crippen molar-refractivity contribution in [1.29, 1.82) is 0 Å². The fourth-order valence-electron chi connectivity index (χ4n) is 3.76. The van der Waals surface area contributed by atoms with Gasteiger partial charge in [-0.25, -0.2) is 4.99 Å². The molecule has 0 bridgehead atoms. The van der Waals surface area contributed by atoms with Crippen LogP contribution < -0.4 is 20.9 Å². The third-order valence-electron chi connectivity index (χ3n) is 5.46. The van der Waals surface area contributed by atoms with E-state index < -0.39 is 0 Å². The lowest BCUT2D eigenvalue weighted by atomic mass is 9.87. The first kappa shape index (κ1) is 22.8. The van der Waals surface area contributed by atoms with Crippen LogP contribution in [0.3, 0.4) is 0 Å². The Kier molecular flexibility index (Phi) is 9.34. The molecule has 1 amide bonds. The van der Waals surface area contributed by atoms with E-state index in [4.69, 9.17) is 4.99 Å². The quantitative estimate of drug-likeness (QED) is 0.331. The molecule has 1 aromatic rings. The van der Waals surface area contributed by atoms with Crippen LogP contribution in [-0.2, 0) is 11.3 Å². The zero-order chi connectivity index (χ0) is 19.1. The van der Waals surface area contributed by atoms with Gasteiger partial charge in [-0.3, -0.25) is 4.79 Å². The van der Waals surface area contributed by atoms with Crippen molar-refractivity contribution >= 4 is 41.5 Å². The Labute approximate surface area is 186 Å². The number of nitrogens with one attached hydrogen (secondary N) is 3. The highest BCUT2D eigenvalue weighted by Gasteiger charge is 2.19. The molecule has 1 aromatic carbocycles. The molecule has 0 spiro atoms. The largest absolute Gasteiger partial charge is 0.360 e. The van der Waals surface area contributed by atoms with Crippen LogP contribution in [0.15, 0.2) is 29.3 Å². The molecule has 3 rings (SSSR count). The SMILES string of the molecule is CCNC(=NCc1ccc(N2CCNC(=O)C2)cc1)NC1CCC(C)CC1.I. The maximum atomic E-state index is 11.5. The first-order chi connectivity index (χ1) is 13.1. The monoisotopic (exact) mass is 499 g/mol. The summed E-state index contributed by atoms with van der Waals surface area (Å²) in [4.78, 5) is 18.4. The highest BCUT2D eigenvalue weighted by Crippen LogP contribution is 2.23. The fraction of sp³-hybridized carbons (Fsp3) is 0.619. The second-order valence-corrected chi connectivity index (χ2v) is 7.73. The Morgan fingerprint density at radius 3 is 2.57 bits per heavy atom. The summed E-state index contributed by atoms with van der Waals surface area (Å²) in [5, 5.41) is 9.83. The van der Waals surface area contributed by atoms with Gasteiger partial charge in [0.1, 0.15) is 0 Å². The summed E-state index contributed by atoms with van der Waals surface area (Å²) in [6.07, 6.45) is 5.05. The molecule has 6 nitrogen and oxygen atoms in total. The maximum Gasteiger partial charge on any atom is 0.239 e. The lowest BCUT2D eigenvalue weighted by Crippen LogP contribution is -2.47. The van der Waals surface area contributed by atoms with E-state index in [9.17, 15) is 4.79 Å². The number of hydrogen-bond acceptors (Lipinski definition) is 3. The van der Waals surface area contributed by atoms with E-state index in [0.29, 0.717) is 25.7 Å². The van der Waals surface area contributed by atoms with Crippen LogP contribution in [-0.4, -0.2) is 44.1 Å². The van der Waals surface area contributed by atoms with Crippen molar-refractivity contribution in [2.45, 2.75) is 52.1 Å². The summed E-state index contributed by atoms with van der Waals surface area (Å²) in [6, 6.07) is 8.93. The van der Waals surface area contributed by atoms with Gasteiger partial charge in [-0.1, -0.05) is 19.1 Å².